The molecule has 0 unspecified atom stereocenters. The first-order chi connectivity index (χ1) is 12.4. The molecule has 0 radical (unpaired) electrons. The number of aryl methyl sites for hydroxylation is 1. The Kier molecular flexibility index (Phi) is 4.54. The molecule has 4 rings (SSSR count). The lowest BCUT2D eigenvalue weighted by Crippen LogP contribution is -2.01. The van der Waals surface area contributed by atoms with Gasteiger partial charge in [-0.15, -0.1) is 11.3 Å². The van der Waals surface area contributed by atoms with Gasteiger partial charge in [0.05, 0.1) is 22.6 Å². The summed E-state index contributed by atoms with van der Waals surface area (Å²) in [5.74, 6) is 0. The predicted octanol–water partition coefficient (Wildman–Crippen LogP) is 4.26. The van der Waals surface area contributed by atoms with Crippen LogP contribution in [0.1, 0.15) is 6.42 Å². The largest absolute Gasteiger partial charge is 0.385 e. The first-order valence-corrected chi connectivity index (χ1v) is 8.98. The Bertz CT molecular complexity index is 944. The van der Waals surface area contributed by atoms with E-state index >= 15 is 0 Å². The van der Waals surface area contributed by atoms with Crippen LogP contribution in [0.15, 0.2) is 55.2 Å². The molecule has 0 aliphatic carbocycles. The first-order valence-electron chi connectivity index (χ1n) is 8.16. The predicted molar refractivity (Wildman–Crippen MR) is 101 cm³/mol. The van der Waals surface area contributed by atoms with Gasteiger partial charge in [-0.05, 0) is 12.5 Å². The van der Waals surface area contributed by atoms with Crippen molar-refractivity contribution in [1.82, 2.24) is 19.5 Å². The number of benzene rings is 1. The molecule has 3 aromatic heterocycles. The molecule has 0 atom stereocenters. The van der Waals surface area contributed by atoms with Crippen molar-refractivity contribution in [1.29, 1.82) is 0 Å². The van der Waals surface area contributed by atoms with Crippen LogP contribution in [0.2, 0.25) is 0 Å². The lowest BCUT2D eigenvalue weighted by molar-refractivity contribution is 0.190. The van der Waals surface area contributed by atoms with Gasteiger partial charge in [0.2, 0.25) is 0 Å². The highest BCUT2D eigenvalue weighted by Crippen LogP contribution is 2.37. The molecule has 0 fully saturated rings. The van der Waals surface area contributed by atoms with E-state index in [0.717, 1.165) is 51.6 Å². The normalized spacial score (nSPS) is 11.2. The van der Waals surface area contributed by atoms with Gasteiger partial charge in [0.1, 0.15) is 11.2 Å². The van der Waals surface area contributed by atoms with Crippen LogP contribution in [-0.2, 0) is 11.3 Å². The molecule has 0 bridgehead atoms. The number of imidazole rings is 1. The molecule has 0 aliphatic rings. The van der Waals surface area contributed by atoms with Gasteiger partial charge >= 0.3 is 0 Å². The summed E-state index contributed by atoms with van der Waals surface area (Å²) in [6.07, 6.45) is 6.31. The van der Waals surface area contributed by atoms with Crippen LogP contribution in [0.4, 0.5) is 0 Å². The highest BCUT2D eigenvalue weighted by Gasteiger charge is 2.17. The second-order valence-corrected chi connectivity index (χ2v) is 6.77. The molecule has 0 amide bonds. The minimum Gasteiger partial charge on any atom is -0.385 e. The lowest BCUT2D eigenvalue weighted by atomic mass is 10.1. The van der Waals surface area contributed by atoms with Crippen molar-refractivity contribution in [3.05, 3.63) is 55.2 Å². The Morgan fingerprint density at radius 3 is 2.84 bits per heavy atom. The molecule has 4 aromatic rings. The van der Waals surface area contributed by atoms with Crippen molar-refractivity contribution in [3.8, 4) is 21.8 Å². The minimum absolute atomic E-state index is 0.732. The van der Waals surface area contributed by atoms with Gasteiger partial charge in [0, 0.05) is 37.4 Å². The average molecular weight is 350 g/mol. The molecule has 0 aliphatic heterocycles. The zero-order valence-electron chi connectivity index (χ0n) is 13.9. The number of thiophene rings is 1. The number of ether oxygens (including phenoxy) is 1. The van der Waals surface area contributed by atoms with E-state index in [0.29, 0.717) is 0 Å². The molecule has 0 spiro atoms. The molecular formula is C19H18N4OS. The number of nitrogens with zero attached hydrogens (tertiary/aromatic N) is 4. The second-order valence-electron chi connectivity index (χ2n) is 5.74. The number of aromatic nitrogens is 4. The van der Waals surface area contributed by atoms with Crippen LogP contribution in [0.5, 0.6) is 0 Å². The fourth-order valence-corrected chi connectivity index (χ4v) is 3.94. The number of rotatable bonds is 6. The van der Waals surface area contributed by atoms with E-state index in [1.165, 1.54) is 0 Å². The first kappa shape index (κ1) is 15.9. The smallest absolute Gasteiger partial charge is 0.127 e. The van der Waals surface area contributed by atoms with Crippen LogP contribution >= 0.6 is 11.3 Å². The van der Waals surface area contributed by atoms with Gasteiger partial charge in [-0.1, -0.05) is 30.3 Å². The second kappa shape index (κ2) is 7.13. The van der Waals surface area contributed by atoms with Gasteiger partial charge in [0.25, 0.3) is 0 Å². The van der Waals surface area contributed by atoms with Crippen LogP contribution in [0, 0.1) is 0 Å². The van der Waals surface area contributed by atoms with Crippen molar-refractivity contribution in [2.75, 3.05) is 13.7 Å². The van der Waals surface area contributed by atoms with Crippen molar-refractivity contribution < 1.29 is 4.74 Å². The Morgan fingerprint density at radius 1 is 1.16 bits per heavy atom. The fraction of sp³-hybridized carbons (Fsp3) is 0.211. The van der Waals surface area contributed by atoms with Gasteiger partial charge in [-0.25, -0.2) is 15.0 Å². The van der Waals surface area contributed by atoms with Gasteiger partial charge in [-0.3, -0.25) is 0 Å². The summed E-state index contributed by atoms with van der Waals surface area (Å²) in [4.78, 5) is 15.4. The molecule has 3 heterocycles. The minimum atomic E-state index is 0.732. The topological polar surface area (TPSA) is 52.8 Å². The van der Waals surface area contributed by atoms with Gasteiger partial charge < -0.3 is 9.30 Å². The summed E-state index contributed by atoms with van der Waals surface area (Å²) >= 11 is 1.67. The average Bonchev–Trinajstić information content (AvgIpc) is 3.26. The van der Waals surface area contributed by atoms with E-state index in [1.54, 1.807) is 24.8 Å². The Hall–Kier alpha value is -2.57. The SMILES string of the molecule is COCCCn1cnc(-c2ccccc2)c1-c1cc2cncnc2s1. The molecular weight excluding hydrogens is 332 g/mol. The third-order valence-electron chi connectivity index (χ3n) is 4.06. The molecule has 0 N–H and O–H groups in total. The Morgan fingerprint density at radius 2 is 2.04 bits per heavy atom. The third-order valence-corrected chi connectivity index (χ3v) is 5.13. The van der Waals surface area contributed by atoms with Crippen LogP contribution in [0.3, 0.4) is 0 Å². The maximum Gasteiger partial charge on any atom is 0.127 e. The van der Waals surface area contributed by atoms with Crippen LogP contribution in [-0.4, -0.2) is 33.2 Å². The van der Waals surface area contributed by atoms with Crippen molar-refractivity contribution in [2.45, 2.75) is 13.0 Å². The summed E-state index contributed by atoms with van der Waals surface area (Å²) < 4.78 is 7.41. The molecule has 6 heteroatoms. The fourth-order valence-electron chi connectivity index (χ4n) is 2.90. The van der Waals surface area contributed by atoms with E-state index in [2.05, 4.69) is 32.7 Å². The zero-order valence-corrected chi connectivity index (χ0v) is 14.7. The van der Waals surface area contributed by atoms with E-state index in [1.807, 2.05) is 30.7 Å². The maximum absolute atomic E-state index is 5.20. The Balaban J connectivity index is 1.83. The Labute approximate surface area is 150 Å². The summed E-state index contributed by atoms with van der Waals surface area (Å²) in [7, 11) is 1.73. The molecule has 0 saturated carbocycles. The van der Waals surface area contributed by atoms with E-state index < -0.39 is 0 Å². The number of hydrogen-bond acceptors (Lipinski definition) is 5. The zero-order chi connectivity index (χ0) is 17.1. The van der Waals surface area contributed by atoms with Crippen molar-refractivity contribution in [2.24, 2.45) is 0 Å². The van der Waals surface area contributed by atoms with Gasteiger partial charge in [0.15, 0.2) is 0 Å². The summed E-state index contributed by atoms with van der Waals surface area (Å²) in [5, 5.41) is 1.06. The van der Waals surface area contributed by atoms with Crippen molar-refractivity contribution in [3.63, 3.8) is 0 Å². The molecule has 0 saturated heterocycles. The van der Waals surface area contributed by atoms with Crippen LogP contribution < -0.4 is 0 Å². The number of methoxy groups -OCH3 is 1. The van der Waals surface area contributed by atoms with Crippen molar-refractivity contribution >= 4 is 21.6 Å². The highest BCUT2D eigenvalue weighted by molar-refractivity contribution is 7.21. The molecule has 1 aromatic carbocycles. The summed E-state index contributed by atoms with van der Waals surface area (Å²) in [6, 6.07) is 12.4. The highest BCUT2D eigenvalue weighted by atomic mass is 32.1. The molecule has 126 valence electrons. The summed E-state index contributed by atoms with van der Waals surface area (Å²) in [6.45, 7) is 1.60. The summed E-state index contributed by atoms with van der Waals surface area (Å²) in [5.41, 5.74) is 3.24. The lowest BCUT2D eigenvalue weighted by Gasteiger charge is -2.08. The van der Waals surface area contributed by atoms with E-state index in [4.69, 9.17) is 9.72 Å². The standard InChI is InChI=1S/C19H18N4OS/c1-24-9-5-8-23-13-22-17(14-6-3-2-4-7-14)18(23)16-10-15-11-20-12-21-19(15)25-16/h2-4,6-7,10-13H,5,8-9H2,1H3. The third kappa shape index (κ3) is 3.18. The van der Waals surface area contributed by atoms with Gasteiger partial charge in [-0.2, -0.15) is 0 Å². The van der Waals surface area contributed by atoms with Crippen LogP contribution in [0.25, 0.3) is 32.0 Å². The quantitative estimate of drug-likeness (QED) is 0.488. The maximum atomic E-state index is 5.20. The number of hydrogen-bond donors (Lipinski definition) is 0. The molecule has 25 heavy (non-hydrogen) atoms. The number of fused-ring (bicyclic) bond motifs is 1. The van der Waals surface area contributed by atoms with E-state index in [9.17, 15) is 0 Å². The monoisotopic (exact) mass is 350 g/mol. The molecule has 5 nitrogen and oxygen atoms in total. The van der Waals surface area contributed by atoms with E-state index in [-0.39, 0.29) is 0 Å².